The van der Waals surface area contributed by atoms with Crippen LogP contribution in [-0.4, -0.2) is 21.5 Å². The van der Waals surface area contributed by atoms with Gasteiger partial charge in [0.2, 0.25) is 0 Å². The zero-order chi connectivity index (χ0) is 18.6. The van der Waals surface area contributed by atoms with Gasteiger partial charge in [0.15, 0.2) is 0 Å². The van der Waals surface area contributed by atoms with E-state index in [1.54, 1.807) is 34.0 Å². The van der Waals surface area contributed by atoms with Crippen molar-refractivity contribution in [3.8, 4) is 0 Å². The van der Waals surface area contributed by atoms with Crippen LogP contribution < -0.4 is 10.6 Å². The van der Waals surface area contributed by atoms with Crippen LogP contribution in [0.15, 0.2) is 24.4 Å². The predicted molar refractivity (Wildman–Crippen MR) is 90.0 cm³/mol. The topological polar surface area (TPSA) is 68.2 Å². The molecule has 0 aliphatic heterocycles. The molecular formula is C17H22F2N4O2. The van der Waals surface area contributed by atoms with E-state index in [1.807, 2.05) is 0 Å². The summed E-state index contributed by atoms with van der Waals surface area (Å²) in [5.74, 6) is -0.732. The van der Waals surface area contributed by atoms with Crippen LogP contribution in [-0.2, 0) is 24.9 Å². The van der Waals surface area contributed by atoms with Crippen LogP contribution in [0.3, 0.4) is 0 Å². The Morgan fingerprint density at radius 1 is 1.24 bits per heavy atom. The number of aryl methyl sites for hydroxylation is 1. The highest BCUT2D eigenvalue weighted by molar-refractivity contribution is 5.84. The third kappa shape index (κ3) is 5.53. The number of amides is 1. The van der Waals surface area contributed by atoms with Crippen LogP contribution >= 0.6 is 0 Å². The standard InChI is InChI=1S/C17H22F2N4O2/c1-17(2,3)25-16(24)22-15-12(10-21-23(15)4)9-20-8-11-5-6-13(18)7-14(11)19/h5-7,10,20H,8-9H2,1-4H3,(H,22,24). The molecule has 2 rings (SSSR count). The van der Waals surface area contributed by atoms with E-state index in [0.29, 0.717) is 17.9 Å². The number of nitrogens with one attached hydrogen (secondary N) is 2. The molecule has 0 fully saturated rings. The number of rotatable bonds is 5. The Bertz CT molecular complexity index is 754. The van der Waals surface area contributed by atoms with E-state index < -0.39 is 23.3 Å². The Kier molecular flexibility index (Phi) is 5.73. The van der Waals surface area contributed by atoms with E-state index in [1.165, 1.54) is 16.8 Å². The third-order valence-electron chi connectivity index (χ3n) is 3.28. The number of carbonyl (C=O) groups excluding carboxylic acids is 1. The summed E-state index contributed by atoms with van der Waals surface area (Å²) < 4.78 is 33.3. The molecule has 6 nitrogen and oxygen atoms in total. The Morgan fingerprint density at radius 3 is 2.56 bits per heavy atom. The zero-order valence-electron chi connectivity index (χ0n) is 14.7. The van der Waals surface area contributed by atoms with E-state index in [0.717, 1.165) is 11.6 Å². The second-order valence-corrected chi connectivity index (χ2v) is 6.61. The van der Waals surface area contributed by atoms with E-state index in [-0.39, 0.29) is 6.54 Å². The van der Waals surface area contributed by atoms with Crippen LogP contribution in [0.2, 0.25) is 0 Å². The molecule has 2 aromatic rings. The lowest BCUT2D eigenvalue weighted by molar-refractivity contribution is 0.0634. The molecule has 0 saturated carbocycles. The average Bonchev–Trinajstić information content (AvgIpc) is 2.80. The Hall–Kier alpha value is -2.48. The molecule has 1 aromatic carbocycles. The lowest BCUT2D eigenvalue weighted by atomic mass is 10.2. The van der Waals surface area contributed by atoms with Crippen molar-refractivity contribution in [2.75, 3.05) is 5.32 Å². The van der Waals surface area contributed by atoms with Gasteiger partial charge in [-0.1, -0.05) is 6.07 Å². The van der Waals surface area contributed by atoms with E-state index in [4.69, 9.17) is 4.74 Å². The van der Waals surface area contributed by atoms with Crippen LogP contribution in [0.1, 0.15) is 31.9 Å². The Morgan fingerprint density at radius 2 is 1.92 bits per heavy atom. The molecule has 25 heavy (non-hydrogen) atoms. The molecule has 0 aliphatic rings. The van der Waals surface area contributed by atoms with Gasteiger partial charge in [-0.15, -0.1) is 0 Å². The molecule has 0 radical (unpaired) electrons. The molecule has 1 heterocycles. The smallest absolute Gasteiger partial charge is 0.413 e. The van der Waals surface area contributed by atoms with Crippen molar-refractivity contribution in [1.29, 1.82) is 0 Å². The van der Waals surface area contributed by atoms with Crippen molar-refractivity contribution in [2.45, 2.75) is 39.5 Å². The second kappa shape index (κ2) is 7.60. The summed E-state index contributed by atoms with van der Waals surface area (Å²) in [5, 5.41) is 9.81. The first-order valence-corrected chi connectivity index (χ1v) is 7.81. The summed E-state index contributed by atoms with van der Waals surface area (Å²) in [5.41, 5.74) is 0.462. The highest BCUT2D eigenvalue weighted by atomic mass is 19.1. The fourth-order valence-electron chi connectivity index (χ4n) is 2.17. The molecule has 0 bridgehead atoms. The molecule has 0 saturated heterocycles. The van der Waals surface area contributed by atoms with Gasteiger partial charge in [-0.2, -0.15) is 5.10 Å². The van der Waals surface area contributed by atoms with Gasteiger partial charge in [0.1, 0.15) is 23.1 Å². The van der Waals surface area contributed by atoms with Gasteiger partial charge in [0.25, 0.3) is 0 Å². The largest absolute Gasteiger partial charge is 0.444 e. The highest BCUT2D eigenvalue weighted by Gasteiger charge is 2.19. The number of anilines is 1. The zero-order valence-corrected chi connectivity index (χ0v) is 14.7. The van der Waals surface area contributed by atoms with Crippen molar-refractivity contribution in [2.24, 2.45) is 7.05 Å². The lowest BCUT2D eigenvalue weighted by Gasteiger charge is -2.20. The van der Waals surface area contributed by atoms with Crippen LogP contribution in [0.25, 0.3) is 0 Å². The molecule has 0 atom stereocenters. The molecule has 0 spiro atoms. The van der Waals surface area contributed by atoms with E-state index >= 15 is 0 Å². The van der Waals surface area contributed by atoms with E-state index in [2.05, 4.69) is 15.7 Å². The maximum atomic E-state index is 13.6. The number of nitrogens with zero attached hydrogens (tertiary/aromatic N) is 2. The van der Waals surface area contributed by atoms with Gasteiger partial charge < -0.3 is 10.1 Å². The number of carbonyl (C=O) groups is 1. The normalized spacial score (nSPS) is 11.4. The fraction of sp³-hybridized carbons (Fsp3) is 0.412. The van der Waals surface area contributed by atoms with Crippen molar-refractivity contribution >= 4 is 11.9 Å². The van der Waals surface area contributed by atoms with Crippen LogP contribution in [0.5, 0.6) is 0 Å². The van der Waals surface area contributed by atoms with Crippen molar-refractivity contribution in [1.82, 2.24) is 15.1 Å². The number of benzene rings is 1. The summed E-state index contributed by atoms with van der Waals surface area (Å²) in [6, 6.07) is 3.44. The minimum Gasteiger partial charge on any atom is -0.444 e. The van der Waals surface area contributed by atoms with Crippen molar-refractivity contribution in [3.63, 3.8) is 0 Å². The first-order chi connectivity index (χ1) is 11.7. The van der Waals surface area contributed by atoms with Crippen molar-refractivity contribution in [3.05, 3.63) is 47.2 Å². The van der Waals surface area contributed by atoms with E-state index in [9.17, 15) is 13.6 Å². The van der Waals surface area contributed by atoms with Crippen molar-refractivity contribution < 1.29 is 18.3 Å². The fourth-order valence-corrected chi connectivity index (χ4v) is 2.17. The molecule has 0 unspecified atom stereocenters. The second-order valence-electron chi connectivity index (χ2n) is 6.61. The summed E-state index contributed by atoms with van der Waals surface area (Å²) in [6.07, 6.45) is 1.02. The minimum atomic E-state index is -0.614. The quantitative estimate of drug-likeness (QED) is 0.866. The molecular weight excluding hydrogens is 330 g/mol. The van der Waals surface area contributed by atoms with Gasteiger partial charge in [-0.25, -0.2) is 13.6 Å². The molecule has 1 aromatic heterocycles. The molecule has 8 heteroatoms. The Labute approximate surface area is 145 Å². The lowest BCUT2D eigenvalue weighted by Crippen LogP contribution is -2.28. The summed E-state index contributed by atoms with van der Waals surface area (Å²) in [7, 11) is 1.69. The number of aromatic nitrogens is 2. The number of halogens is 2. The molecule has 1 amide bonds. The minimum absolute atomic E-state index is 0.215. The predicted octanol–water partition coefficient (Wildman–Crippen LogP) is 3.34. The first-order valence-electron chi connectivity index (χ1n) is 7.81. The maximum Gasteiger partial charge on any atom is 0.413 e. The van der Waals surface area contributed by atoms with Gasteiger partial charge >= 0.3 is 6.09 Å². The monoisotopic (exact) mass is 352 g/mol. The number of ether oxygens (including phenoxy) is 1. The molecule has 136 valence electrons. The van der Waals surface area contributed by atoms with Gasteiger partial charge in [0.05, 0.1) is 6.20 Å². The molecule has 0 aliphatic carbocycles. The number of hydrogen-bond acceptors (Lipinski definition) is 4. The third-order valence-corrected chi connectivity index (χ3v) is 3.28. The summed E-state index contributed by atoms with van der Waals surface area (Å²) >= 11 is 0. The summed E-state index contributed by atoms with van der Waals surface area (Å²) in [6.45, 7) is 5.88. The molecule has 2 N–H and O–H groups in total. The number of hydrogen-bond donors (Lipinski definition) is 2. The van der Waals surface area contributed by atoms with Crippen LogP contribution in [0, 0.1) is 11.6 Å². The van der Waals surface area contributed by atoms with Crippen LogP contribution in [0.4, 0.5) is 19.4 Å². The SMILES string of the molecule is Cn1ncc(CNCc2ccc(F)cc2F)c1NC(=O)OC(C)(C)C. The van der Waals surface area contributed by atoms with Gasteiger partial charge in [-0.05, 0) is 26.8 Å². The highest BCUT2D eigenvalue weighted by Crippen LogP contribution is 2.17. The average molecular weight is 352 g/mol. The summed E-state index contributed by atoms with van der Waals surface area (Å²) in [4.78, 5) is 11.9. The Balaban J connectivity index is 1.98. The first kappa shape index (κ1) is 18.9. The van der Waals surface area contributed by atoms with Gasteiger partial charge in [0, 0.05) is 37.3 Å². The maximum absolute atomic E-state index is 13.6. The van der Waals surface area contributed by atoms with Gasteiger partial charge in [-0.3, -0.25) is 10.00 Å².